The third kappa shape index (κ3) is 8.12. The maximum atomic E-state index is 12.9. The molecule has 0 amide bonds. The van der Waals surface area contributed by atoms with Gasteiger partial charge < -0.3 is 50.7 Å². The number of aromatic amines is 2. The van der Waals surface area contributed by atoms with Crippen molar-refractivity contribution in [3.63, 3.8) is 0 Å². The molecule has 3 aliphatic rings. The van der Waals surface area contributed by atoms with Crippen LogP contribution < -0.4 is 32.4 Å². The van der Waals surface area contributed by atoms with E-state index in [1.807, 2.05) is 4.90 Å². The van der Waals surface area contributed by atoms with Crippen LogP contribution in [0.4, 0.5) is 23.4 Å². The van der Waals surface area contributed by atoms with Gasteiger partial charge in [-0.25, -0.2) is 22.7 Å². The number of aliphatic hydroxyl groups is 2. The molecular formula is C22H35BN11O15P3. The van der Waals surface area contributed by atoms with E-state index >= 15 is 0 Å². The predicted octanol–water partition coefficient (Wildman–Crippen LogP) is -3.43. The van der Waals surface area contributed by atoms with Crippen LogP contribution in [0.1, 0.15) is 6.23 Å². The van der Waals surface area contributed by atoms with E-state index in [-0.39, 0.29) is 47.8 Å². The fourth-order valence-electron chi connectivity index (χ4n) is 5.88. The number of aliphatic hydroxyl groups excluding tert-OH is 2. The van der Waals surface area contributed by atoms with Gasteiger partial charge in [0.05, 0.1) is 32.3 Å². The van der Waals surface area contributed by atoms with Crippen molar-refractivity contribution in [3.05, 3.63) is 27.0 Å². The Kier molecular flexibility index (Phi) is 10.5. The molecule has 10 N–H and O–H groups in total. The van der Waals surface area contributed by atoms with Gasteiger partial charge in [-0.15, -0.1) is 0 Å². The highest BCUT2D eigenvalue weighted by Gasteiger charge is 2.47. The van der Waals surface area contributed by atoms with E-state index in [0.29, 0.717) is 14.1 Å². The van der Waals surface area contributed by atoms with Gasteiger partial charge in [-0.3, -0.25) is 42.6 Å². The Labute approximate surface area is 292 Å². The Morgan fingerprint density at radius 3 is 2.29 bits per heavy atom. The minimum atomic E-state index is -5.37. The minimum Gasteiger partial charge on any atom is -0.387 e. The number of likely N-dealkylation sites (N-methyl/N-ethyl adjacent to an activating group) is 1. The van der Waals surface area contributed by atoms with Crippen molar-refractivity contribution in [3.8, 4) is 0 Å². The first-order valence-corrected chi connectivity index (χ1v) is 20.1. The molecule has 52 heavy (non-hydrogen) atoms. The first kappa shape index (κ1) is 38.5. The Hall–Kier alpha value is -3.26. The number of imidazole rings is 1. The Bertz CT molecular complexity index is 2100. The highest BCUT2D eigenvalue weighted by atomic mass is 31.3. The average molecular weight is 797 g/mol. The zero-order chi connectivity index (χ0) is 37.9. The molecule has 3 unspecified atom stereocenters. The van der Waals surface area contributed by atoms with Crippen LogP contribution in [0.25, 0.3) is 11.2 Å². The van der Waals surface area contributed by atoms with Crippen molar-refractivity contribution in [1.29, 1.82) is 0 Å². The second kappa shape index (κ2) is 14.2. The second-order valence-electron chi connectivity index (χ2n) is 12.2. The van der Waals surface area contributed by atoms with Gasteiger partial charge in [0.2, 0.25) is 11.9 Å². The van der Waals surface area contributed by atoms with E-state index in [0.717, 1.165) is 10.9 Å². The molecule has 0 bridgehead atoms. The lowest BCUT2D eigenvalue weighted by Gasteiger charge is -2.40. The molecule has 3 aromatic rings. The Morgan fingerprint density at radius 2 is 1.60 bits per heavy atom. The minimum absolute atomic E-state index is 0.0947. The average Bonchev–Trinajstić information content (AvgIpc) is 3.67. The monoisotopic (exact) mass is 797 g/mol. The number of ether oxygens (including phenoxy) is 2. The van der Waals surface area contributed by atoms with Gasteiger partial charge in [0.25, 0.3) is 26.2 Å². The summed E-state index contributed by atoms with van der Waals surface area (Å²) in [6.45, 7) is -0.743. The van der Waals surface area contributed by atoms with Crippen LogP contribution in [0.15, 0.2) is 15.9 Å². The molecule has 3 aliphatic heterocycles. The lowest BCUT2D eigenvalue weighted by molar-refractivity contribution is -0.0949. The Morgan fingerprint density at radius 1 is 0.962 bits per heavy atom. The number of hydrogen-bond donors (Lipinski definition) is 8. The third-order valence-electron chi connectivity index (χ3n) is 7.98. The molecule has 30 heteroatoms. The highest BCUT2D eigenvalue weighted by Crippen LogP contribution is 2.67. The second-order valence-corrected chi connectivity index (χ2v) is 17.4. The summed E-state index contributed by atoms with van der Waals surface area (Å²) in [6, 6.07) is 0. The number of phosphoric acid groups is 2. The molecule has 6 heterocycles. The number of phosphoric ester groups is 2. The number of fused-ring (bicyclic) bond motifs is 2. The van der Waals surface area contributed by atoms with E-state index in [9.17, 15) is 43.3 Å². The topological polar surface area (TPSA) is 359 Å². The molecule has 9 atom stereocenters. The summed E-state index contributed by atoms with van der Waals surface area (Å²) < 4.78 is 70.1. The van der Waals surface area contributed by atoms with Gasteiger partial charge in [0, 0.05) is 20.1 Å². The van der Waals surface area contributed by atoms with Gasteiger partial charge >= 0.3 is 15.6 Å². The van der Waals surface area contributed by atoms with E-state index in [4.69, 9.17) is 30.0 Å². The maximum Gasteiger partial charge on any atom is 0.478 e. The SMILES string of the molecule is BP(=O)(OP(=O)(O)OC[C@@H]1CN(C)C[C@H](N2CN(C)c3c2nc(N)[nH]c3=O)O1)OP(=O)(O)OC[C@H]1O[C@@H](n2cnc3c(=O)[nH]c(N)nc32)[C@H](O)[C@@H]1O. The van der Waals surface area contributed by atoms with Crippen LogP contribution in [0.2, 0.25) is 0 Å². The summed E-state index contributed by atoms with van der Waals surface area (Å²) in [5.74, 6) is -0.0908. The number of nitrogens with two attached hydrogens (primary N) is 2. The molecule has 0 aliphatic carbocycles. The largest absolute Gasteiger partial charge is 0.478 e. The van der Waals surface area contributed by atoms with Crippen LogP contribution in [-0.4, -0.2) is 140 Å². The van der Waals surface area contributed by atoms with E-state index < -0.39 is 84.3 Å². The van der Waals surface area contributed by atoms with Crippen LogP contribution in [0.3, 0.4) is 0 Å². The number of nitrogen functional groups attached to an aromatic ring is 2. The molecule has 2 fully saturated rings. The number of H-pyrrole nitrogens is 2. The van der Waals surface area contributed by atoms with Crippen molar-refractivity contribution in [2.45, 2.75) is 36.9 Å². The number of morpholine rings is 1. The number of hydrogen-bond acceptors (Lipinski definition) is 21. The van der Waals surface area contributed by atoms with Gasteiger partial charge in [-0.1, -0.05) is 0 Å². The van der Waals surface area contributed by atoms with E-state index in [1.165, 1.54) is 0 Å². The first-order valence-electron chi connectivity index (χ1n) is 15.1. The smallest absolute Gasteiger partial charge is 0.387 e. The summed E-state index contributed by atoms with van der Waals surface area (Å²) in [4.78, 5) is 67.0. The van der Waals surface area contributed by atoms with Gasteiger partial charge in [0.15, 0.2) is 23.2 Å². The standard InChI is InChI=1S/C22H35BN11O15P3/c1-31-3-9(46-11(4-31)34-8-32(2)13-17(34)28-22(25)30-19(13)38)5-44-51(40,41)48-50(23,39)49-52(42,43)45-6-10-14(35)15(36)20(47-10)33-7-26-12-16(33)27-21(24)29-18(12)37/h7,9-11,14-15,20,35-36H,3-6,8,23H2,1-2H3,(H,40,41)(H,42,43)(H3,24,27,29,37)(H3,25,28,30,38)/t9-,10+,11+,14+,15+,20+,50?/m0/s1. The molecule has 286 valence electrons. The fourth-order valence-corrected chi connectivity index (χ4v) is 10.3. The lowest BCUT2D eigenvalue weighted by Crippen LogP contribution is -2.55. The van der Waals surface area contributed by atoms with Crippen molar-refractivity contribution in [1.82, 2.24) is 34.4 Å². The summed E-state index contributed by atoms with van der Waals surface area (Å²) >= 11 is 0. The number of anilines is 4. The van der Waals surface area contributed by atoms with Crippen molar-refractivity contribution in [2.24, 2.45) is 0 Å². The zero-order valence-electron chi connectivity index (χ0n) is 27.5. The molecule has 3 aromatic heterocycles. The van der Waals surface area contributed by atoms with Crippen molar-refractivity contribution >= 4 is 65.3 Å². The highest BCUT2D eigenvalue weighted by molar-refractivity contribution is 7.86. The maximum absolute atomic E-state index is 12.9. The van der Waals surface area contributed by atoms with E-state index in [1.54, 1.807) is 23.9 Å². The lowest BCUT2D eigenvalue weighted by atomic mass is 10.1. The molecular weight excluding hydrogens is 762 g/mol. The quantitative estimate of drug-likeness (QED) is 0.0653. The van der Waals surface area contributed by atoms with Gasteiger partial charge in [0.1, 0.15) is 30.2 Å². The number of aromatic nitrogens is 6. The predicted molar refractivity (Wildman–Crippen MR) is 180 cm³/mol. The summed E-state index contributed by atoms with van der Waals surface area (Å²) in [5, 5.41) is 21.1. The van der Waals surface area contributed by atoms with Crippen LogP contribution in [0.5, 0.6) is 0 Å². The molecule has 6 rings (SSSR count). The van der Waals surface area contributed by atoms with Crippen LogP contribution >= 0.6 is 23.1 Å². The zero-order valence-corrected chi connectivity index (χ0v) is 30.2. The normalized spacial score (nSPS) is 28.8. The molecule has 2 saturated heterocycles. The van der Waals surface area contributed by atoms with Crippen LogP contribution in [-0.2, 0) is 40.8 Å². The summed E-state index contributed by atoms with van der Waals surface area (Å²) in [7, 11) is -11.5. The number of nitrogens with one attached hydrogen (secondary N) is 2. The molecule has 0 saturated carbocycles. The van der Waals surface area contributed by atoms with Crippen LogP contribution in [0, 0.1) is 0 Å². The molecule has 0 radical (unpaired) electrons. The number of rotatable bonds is 12. The number of nitrogens with zero attached hydrogens (tertiary/aromatic N) is 7. The van der Waals surface area contributed by atoms with Gasteiger partial charge in [-0.2, -0.15) is 9.97 Å². The summed E-state index contributed by atoms with van der Waals surface area (Å²) in [6.07, 6.45) is -6.79. The first-order chi connectivity index (χ1) is 24.2. The fraction of sp³-hybridized carbons (Fsp3) is 0.591. The molecule has 26 nitrogen and oxygen atoms in total. The molecule has 0 aromatic carbocycles. The van der Waals surface area contributed by atoms with E-state index in [2.05, 4.69) is 33.5 Å². The van der Waals surface area contributed by atoms with Crippen molar-refractivity contribution < 1.29 is 60.8 Å². The third-order valence-corrected chi connectivity index (χ3v) is 13.0. The van der Waals surface area contributed by atoms with Gasteiger partial charge in [-0.05, 0) is 7.05 Å². The Balaban J connectivity index is 1.03. The molecule has 0 spiro atoms. The summed E-state index contributed by atoms with van der Waals surface area (Å²) in [5.41, 5.74) is 10.2. The van der Waals surface area contributed by atoms with Crippen molar-refractivity contribution in [2.75, 3.05) is 68.3 Å².